The number of ketones is 3. The van der Waals surface area contributed by atoms with Crippen molar-refractivity contribution in [1.82, 2.24) is 4.90 Å². The minimum atomic E-state index is -2.44. The molecule has 0 aromatic rings. The van der Waals surface area contributed by atoms with Crippen molar-refractivity contribution in [3.8, 4) is 0 Å². The predicted molar refractivity (Wildman–Crippen MR) is 266 cm³/mol. The number of nitrogens with zero attached hydrogens (tertiary/aromatic N) is 1. The maximum Gasteiger partial charge on any atom is 0.329 e. The van der Waals surface area contributed by atoms with E-state index in [4.69, 9.17) is 23.7 Å². The molecule has 3 N–H and O–H groups in total. The van der Waals surface area contributed by atoms with Crippen molar-refractivity contribution in [3.05, 3.63) is 47.6 Å². The number of hydrogen-bond donors (Lipinski definition) is 3. The first-order chi connectivity index (χ1) is 33.3. The van der Waals surface area contributed by atoms with Gasteiger partial charge in [-0.1, -0.05) is 71.1 Å². The summed E-state index contributed by atoms with van der Waals surface area (Å²) in [5, 5.41) is 33.9. The van der Waals surface area contributed by atoms with E-state index in [9.17, 15) is 39.3 Å². The number of ether oxygens (including phenoxy) is 5. The molecule has 14 nitrogen and oxygen atoms in total. The van der Waals surface area contributed by atoms with Gasteiger partial charge in [0.2, 0.25) is 5.79 Å². The average molecular weight is 982 g/mol. The summed E-state index contributed by atoms with van der Waals surface area (Å²) in [5.74, 6) is -6.91. The minimum Gasteiger partial charge on any atom is -0.460 e. The minimum absolute atomic E-state index is 0.0704. The van der Waals surface area contributed by atoms with Gasteiger partial charge in [-0.2, -0.15) is 0 Å². The Kier molecular flexibility index (Phi) is 22.7. The van der Waals surface area contributed by atoms with Gasteiger partial charge in [-0.15, -0.1) is 0 Å². The summed E-state index contributed by atoms with van der Waals surface area (Å²) < 4.78 is 30.3. The third kappa shape index (κ3) is 16.3. The van der Waals surface area contributed by atoms with Gasteiger partial charge in [-0.3, -0.25) is 19.2 Å². The highest BCUT2D eigenvalue weighted by Crippen LogP contribution is 2.38. The molecule has 4 heterocycles. The predicted octanol–water partition coefficient (Wildman–Crippen LogP) is 7.74. The van der Waals surface area contributed by atoms with Crippen LogP contribution in [-0.2, 0) is 47.7 Å². The Morgan fingerprint density at radius 1 is 0.829 bits per heavy atom. The summed E-state index contributed by atoms with van der Waals surface area (Å²) in [6, 6.07) is -1.13. The Morgan fingerprint density at radius 2 is 1.57 bits per heavy atom. The fourth-order valence-electron chi connectivity index (χ4n) is 11.1. The van der Waals surface area contributed by atoms with Crippen molar-refractivity contribution >= 4 is 29.2 Å². The van der Waals surface area contributed by atoms with Gasteiger partial charge < -0.3 is 43.9 Å². The first kappa shape index (κ1) is 57.5. The van der Waals surface area contributed by atoms with E-state index in [-0.39, 0.29) is 67.1 Å². The topological polar surface area (TPSA) is 195 Å². The number of allylic oxidation sites excluding steroid dienone is 6. The third-order valence-corrected chi connectivity index (χ3v) is 16.1. The van der Waals surface area contributed by atoms with E-state index < -0.39 is 71.8 Å². The van der Waals surface area contributed by atoms with Gasteiger partial charge in [0.15, 0.2) is 0 Å². The molecule has 14 heteroatoms. The number of cyclic esters (lactones) is 1. The molecule has 4 aliphatic heterocycles. The zero-order chi connectivity index (χ0) is 51.1. The lowest BCUT2D eigenvalue weighted by molar-refractivity contribution is -0.266. The van der Waals surface area contributed by atoms with Crippen molar-refractivity contribution in [2.24, 2.45) is 41.4 Å². The fourth-order valence-corrected chi connectivity index (χ4v) is 11.1. The smallest absolute Gasteiger partial charge is 0.329 e. The summed E-state index contributed by atoms with van der Waals surface area (Å²) in [6.45, 7) is 15.0. The van der Waals surface area contributed by atoms with E-state index in [0.717, 1.165) is 44.5 Å². The lowest BCUT2D eigenvalue weighted by atomic mass is 9.78. The number of hydrogen-bond acceptors (Lipinski definition) is 13. The van der Waals surface area contributed by atoms with Crippen LogP contribution in [0.1, 0.15) is 151 Å². The van der Waals surface area contributed by atoms with Gasteiger partial charge in [0.1, 0.15) is 23.7 Å². The molecule has 0 aromatic carbocycles. The van der Waals surface area contributed by atoms with Crippen molar-refractivity contribution in [2.45, 2.75) is 200 Å². The van der Waals surface area contributed by atoms with Crippen LogP contribution in [0, 0.1) is 41.4 Å². The lowest BCUT2D eigenvalue weighted by Gasteiger charge is -2.43. The molecule has 4 fully saturated rings. The summed E-state index contributed by atoms with van der Waals surface area (Å²) in [4.78, 5) is 72.0. The molecule has 394 valence electrons. The van der Waals surface area contributed by atoms with Crippen LogP contribution in [0.4, 0.5) is 0 Å². The molecule has 70 heavy (non-hydrogen) atoms. The Hall–Kier alpha value is -3.37. The molecule has 3 saturated heterocycles. The molecule has 1 amide bonds. The second-order valence-corrected chi connectivity index (χ2v) is 21.8. The number of amides is 1. The molecule has 5 aliphatic rings. The first-order valence-corrected chi connectivity index (χ1v) is 26.6. The van der Waals surface area contributed by atoms with Crippen molar-refractivity contribution in [2.75, 3.05) is 33.5 Å². The molecular weight excluding hydrogens is 895 g/mol. The molecule has 1 unspecified atom stereocenters. The Labute approximate surface area is 418 Å². The fraction of sp³-hybridized carbons (Fsp3) is 0.768. The van der Waals surface area contributed by atoms with Crippen LogP contribution in [0.3, 0.4) is 0 Å². The summed E-state index contributed by atoms with van der Waals surface area (Å²) in [6.07, 6.45) is 15.9. The third-order valence-electron chi connectivity index (χ3n) is 16.1. The van der Waals surface area contributed by atoms with E-state index in [1.54, 1.807) is 34.0 Å². The molecule has 0 aromatic heterocycles. The van der Waals surface area contributed by atoms with E-state index in [1.807, 2.05) is 58.1 Å². The van der Waals surface area contributed by atoms with Gasteiger partial charge in [-0.25, -0.2) is 4.79 Å². The molecule has 0 radical (unpaired) electrons. The second kappa shape index (κ2) is 27.6. The molecule has 1 aliphatic carbocycles. The number of aliphatic hydroxyl groups excluding tert-OH is 2. The van der Waals surface area contributed by atoms with E-state index in [0.29, 0.717) is 75.9 Å². The molecule has 5 rings (SSSR count). The highest BCUT2D eigenvalue weighted by molar-refractivity contribution is 6.39. The number of esters is 1. The highest BCUT2D eigenvalue weighted by atomic mass is 16.6. The quantitative estimate of drug-likeness (QED) is 0.122. The van der Waals surface area contributed by atoms with Gasteiger partial charge in [0.25, 0.3) is 11.7 Å². The van der Waals surface area contributed by atoms with Crippen LogP contribution < -0.4 is 0 Å². The normalized spacial score (nSPS) is 38.9. The van der Waals surface area contributed by atoms with Gasteiger partial charge in [0.05, 0.1) is 30.5 Å². The number of aliphatic hydroxyl groups is 3. The molecule has 1 saturated carbocycles. The SMILES string of the molecule is CO[C@@H]1C[C@H](C[C@@H](C)[C@@H]2CC(=O)[C@H](C)/C=C(\C)[C@@H](O)CC(=O)[C@H](C)C[C@H](C)/C=C/C=C/C=C(\C)C(OCCC3CCOCC3)C[C@@H]3CC[C@@H](C)[C@@](O)(O3)C(=O)C(=O)N3CCCC[C@H]3C(=O)O2)CC[C@H]1O. The van der Waals surface area contributed by atoms with Crippen molar-refractivity contribution < 1.29 is 63.0 Å². The van der Waals surface area contributed by atoms with Gasteiger partial charge in [-0.05, 0) is 132 Å². The van der Waals surface area contributed by atoms with Crippen LogP contribution in [0.5, 0.6) is 0 Å². The Bertz CT molecular complexity index is 1870. The summed E-state index contributed by atoms with van der Waals surface area (Å²) >= 11 is 0. The Balaban J connectivity index is 1.44. The summed E-state index contributed by atoms with van der Waals surface area (Å²) in [5.41, 5.74) is 1.43. The first-order valence-electron chi connectivity index (χ1n) is 26.6. The number of fused-ring (bicyclic) bond motifs is 3. The monoisotopic (exact) mass is 982 g/mol. The molecule has 2 bridgehead atoms. The second-order valence-electron chi connectivity index (χ2n) is 21.8. The van der Waals surface area contributed by atoms with Crippen LogP contribution in [-0.4, -0.2) is 131 Å². The van der Waals surface area contributed by atoms with Crippen LogP contribution in [0.15, 0.2) is 47.6 Å². The lowest BCUT2D eigenvalue weighted by Crippen LogP contribution is -2.61. The molecule has 0 spiro atoms. The largest absolute Gasteiger partial charge is 0.460 e. The van der Waals surface area contributed by atoms with Gasteiger partial charge in [0, 0.05) is 70.5 Å². The van der Waals surface area contributed by atoms with Crippen LogP contribution >= 0.6 is 0 Å². The number of carbonyl (C=O) groups is 5. The molecular formula is C56H87NO13. The number of piperidine rings is 1. The van der Waals surface area contributed by atoms with E-state index >= 15 is 0 Å². The standard InChI is InChI=1S/C56H87NO13/c1-35-14-10-9-11-15-36(2)50(68-27-23-42-21-25-67-26-22-42)32-44-19-17-41(7)56(65,70-44)53(62)54(63)57-24-13-12-16-45(57)55(64)69-51(40(6)30-43-18-20-46(58)52(31-43)66-8)34-49(61)39(5)29-38(4)48(60)33-47(59)37(3)28-35/h9-11,14-15,29,35,37,39-46,48,50-52,58,60,65H,12-13,16-28,30-34H2,1-8H3/b11-9+,14-10+,36-15+,38-29+/t35-,37-,39-,40-,41-,43+,44+,45+,46-,48+,50?,51+,52-,56-/m1/s1. The Morgan fingerprint density at radius 3 is 2.30 bits per heavy atom. The van der Waals surface area contributed by atoms with Crippen molar-refractivity contribution in [1.29, 1.82) is 0 Å². The van der Waals surface area contributed by atoms with Gasteiger partial charge >= 0.3 is 5.97 Å². The van der Waals surface area contributed by atoms with Crippen molar-refractivity contribution in [3.63, 3.8) is 0 Å². The average Bonchev–Trinajstić information content (AvgIpc) is 3.34. The number of rotatable bonds is 8. The van der Waals surface area contributed by atoms with E-state index in [1.165, 1.54) is 4.90 Å². The number of methoxy groups -OCH3 is 1. The zero-order valence-electron chi connectivity index (χ0n) is 43.6. The van der Waals surface area contributed by atoms with E-state index in [2.05, 4.69) is 0 Å². The number of Topliss-reactive ketones (excluding diaryl/α,β-unsaturated/α-hetero) is 3. The highest BCUT2D eigenvalue weighted by Gasteiger charge is 2.53. The van der Waals surface area contributed by atoms with Crippen LogP contribution in [0.2, 0.25) is 0 Å². The maximum atomic E-state index is 14.5. The molecule has 14 atom stereocenters. The zero-order valence-corrected chi connectivity index (χ0v) is 43.6. The van der Waals surface area contributed by atoms with Crippen LogP contribution in [0.25, 0.3) is 0 Å². The number of carbonyl (C=O) groups excluding carboxylic acids is 5. The summed E-state index contributed by atoms with van der Waals surface area (Å²) in [7, 11) is 1.58. The maximum absolute atomic E-state index is 14.5.